The molecular formula is C10H24O3Si. The Bertz CT molecular complexity index is 118. The van der Waals surface area contributed by atoms with Crippen molar-refractivity contribution >= 4 is 8.80 Å². The van der Waals surface area contributed by atoms with Crippen molar-refractivity contribution in [3.8, 4) is 0 Å². The second kappa shape index (κ2) is 8.41. The van der Waals surface area contributed by atoms with Crippen LogP contribution in [0.3, 0.4) is 0 Å². The molecular weight excluding hydrogens is 196 g/mol. The van der Waals surface area contributed by atoms with Gasteiger partial charge < -0.3 is 13.3 Å². The Labute approximate surface area is 89.1 Å². The van der Waals surface area contributed by atoms with Gasteiger partial charge in [0.05, 0.1) is 0 Å². The van der Waals surface area contributed by atoms with Gasteiger partial charge in [0, 0.05) is 26.9 Å². The van der Waals surface area contributed by atoms with Crippen molar-refractivity contribution in [2.45, 2.75) is 45.6 Å². The molecule has 0 radical (unpaired) electrons. The third-order valence-corrected chi connectivity index (χ3v) is 5.13. The largest absolute Gasteiger partial charge is 0.500 e. The zero-order chi connectivity index (χ0) is 10.9. The van der Waals surface area contributed by atoms with Gasteiger partial charge in [0.1, 0.15) is 0 Å². The maximum atomic E-state index is 5.72. The van der Waals surface area contributed by atoms with Crippen molar-refractivity contribution in [3.63, 3.8) is 0 Å². The van der Waals surface area contributed by atoms with Gasteiger partial charge >= 0.3 is 8.80 Å². The van der Waals surface area contributed by atoms with Crippen LogP contribution in [0.4, 0.5) is 0 Å². The van der Waals surface area contributed by atoms with Gasteiger partial charge in [-0.2, -0.15) is 0 Å². The zero-order valence-electron chi connectivity index (χ0n) is 9.97. The molecule has 0 aromatic rings. The first-order valence-electron chi connectivity index (χ1n) is 5.49. The first-order chi connectivity index (χ1) is 6.74. The molecule has 0 aliphatic heterocycles. The zero-order valence-corrected chi connectivity index (χ0v) is 11.0. The van der Waals surface area contributed by atoms with Crippen LogP contribution in [-0.4, -0.2) is 29.6 Å². The Kier molecular flexibility index (Phi) is 8.47. The lowest BCUT2D eigenvalue weighted by Crippen LogP contribution is -2.43. The van der Waals surface area contributed by atoms with Crippen LogP contribution in [0.25, 0.3) is 0 Å². The summed E-state index contributed by atoms with van der Waals surface area (Å²) in [4.78, 5) is 0. The van der Waals surface area contributed by atoms with Crippen LogP contribution in [0.15, 0.2) is 0 Å². The molecule has 4 heteroatoms. The van der Waals surface area contributed by atoms with Gasteiger partial charge in [-0.1, -0.05) is 33.1 Å². The third kappa shape index (κ3) is 5.10. The Hall–Kier alpha value is 0.0969. The van der Waals surface area contributed by atoms with Crippen LogP contribution in [0.2, 0.25) is 6.04 Å². The highest BCUT2D eigenvalue weighted by atomic mass is 28.4. The number of unbranched alkanes of at least 4 members (excludes halogenated alkanes) is 3. The number of rotatable bonds is 9. The molecule has 0 bridgehead atoms. The third-order valence-electron chi connectivity index (χ3n) is 2.37. The second-order valence-corrected chi connectivity index (χ2v) is 6.53. The summed E-state index contributed by atoms with van der Waals surface area (Å²) in [6, 6.07) is 0.841. The molecule has 0 heterocycles. The van der Waals surface area contributed by atoms with E-state index in [1.807, 2.05) is 6.92 Å². The fourth-order valence-electron chi connectivity index (χ4n) is 1.35. The summed E-state index contributed by atoms with van der Waals surface area (Å²) in [5, 5.41) is 0. The van der Waals surface area contributed by atoms with Gasteiger partial charge in [-0.05, 0) is 6.42 Å². The average Bonchev–Trinajstić information content (AvgIpc) is 2.24. The van der Waals surface area contributed by atoms with Crippen LogP contribution in [0, 0.1) is 0 Å². The van der Waals surface area contributed by atoms with E-state index in [9.17, 15) is 0 Å². The summed E-state index contributed by atoms with van der Waals surface area (Å²) in [5.41, 5.74) is 0. The van der Waals surface area contributed by atoms with E-state index in [1.165, 1.54) is 19.3 Å². The smallest absolute Gasteiger partial charge is 0.377 e. The highest BCUT2D eigenvalue weighted by molar-refractivity contribution is 6.60. The monoisotopic (exact) mass is 220 g/mol. The minimum Gasteiger partial charge on any atom is -0.377 e. The predicted octanol–water partition coefficient (Wildman–Crippen LogP) is 2.83. The van der Waals surface area contributed by atoms with E-state index < -0.39 is 8.80 Å². The highest BCUT2D eigenvalue weighted by Gasteiger charge is 2.36. The standard InChI is InChI=1S/C10H24O3Si/c1-5-7-8-9-10-13-14(6-2,11-3)12-4/h5-10H2,1-4H3. The first-order valence-corrected chi connectivity index (χ1v) is 7.42. The molecule has 0 aromatic carbocycles. The highest BCUT2D eigenvalue weighted by Crippen LogP contribution is 2.13. The molecule has 0 aromatic heterocycles. The summed E-state index contributed by atoms with van der Waals surface area (Å²) < 4.78 is 16.4. The fourth-order valence-corrected chi connectivity index (χ4v) is 2.99. The maximum absolute atomic E-state index is 5.72. The Balaban J connectivity index is 3.61. The van der Waals surface area contributed by atoms with Crippen LogP contribution in [0.5, 0.6) is 0 Å². The fraction of sp³-hybridized carbons (Fsp3) is 1.00. The molecule has 0 saturated carbocycles. The Morgan fingerprint density at radius 2 is 1.57 bits per heavy atom. The van der Waals surface area contributed by atoms with E-state index in [0.717, 1.165) is 19.1 Å². The van der Waals surface area contributed by atoms with Gasteiger partial charge in [0.2, 0.25) is 0 Å². The van der Waals surface area contributed by atoms with E-state index in [0.29, 0.717) is 0 Å². The molecule has 0 unspecified atom stereocenters. The van der Waals surface area contributed by atoms with Gasteiger partial charge in [0.25, 0.3) is 0 Å². The average molecular weight is 220 g/mol. The van der Waals surface area contributed by atoms with Crippen molar-refractivity contribution in [2.24, 2.45) is 0 Å². The quantitative estimate of drug-likeness (QED) is 0.442. The molecule has 0 N–H and O–H groups in total. The van der Waals surface area contributed by atoms with E-state index in [-0.39, 0.29) is 0 Å². The normalized spacial score (nSPS) is 12.0. The molecule has 0 spiro atoms. The maximum Gasteiger partial charge on any atom is 0.500 e. The second-order valence-electron chi connectivity index (χ2n) is 3.35. The lowest BCUT2D eigenvalue weighted by Gasteiger charge is -2.24. The lowest BCUT2D eigenvalue weighted by molar-refractivity contribution is 0.0976. The van der Waals surface area contributed by atoms with Crippen LogP contribution < -0.4 is 0 Å². The summed E-state index contributed by atoms with van der Waals surface area (Å²) in [7, 11) is 1.07. The lowest BCUT2D eigenvalue weighted by atomic mass is 10.2. The van der Waals surface area contributed by atoms with Gasteiger partial charge in [-0.15, -0.1) is 0 Å². The summed E-state index contributed by atoms with van der Waals surface area (Å²) in [6.45, 7) is 5.02. The molecule has 86 valence electrons. The Morgan fingerprint density at radius 1 is 0.929 bits per heavy atom. The number of hydrogen-bond acceptors (Lipinski definition) is 3. The van der Waals surface area contributed by atoms with Gasteiger partial charge in [-0.25, -0.2) is 0 Å². The molecule has 0 saturated heterocycles. The first kappa shape index (κ1) is 14.1. The minimum atomic E-state index is -2.28. The Morgan fingerprint density at radius 3 is 2.00 bits per heavy atom. The molecule has 0 fully saturated rings. The van der Waals surface area contributed by atoms with Crippen molar-refractivity contribution in [1.82, 2.24) is 0 Å². The van der Waals surface area contributed by atoms with E-state index in [1.54, 1.807) is 14.2 Å². The van der Waals surface area contributed by atoms with Gasteiger partial charge in [-0.3, -0.25) is 0 Å². The summed E-state index contributed by atoms with van der Waals surface area (Å²) in [6.07, 6.45) is 4.88. The van der Waals surface area contributed by atoms with E-state index in [2.05, 4.69) is 6.92 Å². The van der Waals surface area contributed by atoms with Crippen LogP contribution in [0.1, 0.15) is 39.5 Å². The number of hydrogen-bond donors (Lipinski definition) is 0. The minimum absolute atomic E-state index is 0.766. The molecule has 0 rings (SSSR count). The van der Waals surface area contributed by atoms with Crippen molar-refractivity contribution in [3.05, 3.63) is 0 Å². The summed E-state index contributed by atoms with van der Waals surface area (Å²) >= 11 is 0. The molecule has 0 atom stereocenters. The molecule has 3 nitrogen and oxygen atoms in total. The molecule has 0 aliphatic rings. The van der Waals surface area contributed by atoms with Crippen molar-refractivity contribution < 1.29 is 13.3 Å². The van der Waals surface area contributed by atoms with Crippen molar-refractivity contribution in [2.75, 3.05) is 20.8 Å². The molecule has 0 aliphatic carbocycles. The molecule has 14 heavy (non-hydrogen) atoms. The molecule has 0 amide bonds. The van der Waals surface area contributed by atoms with Crippen LogP contribution in [-0.2, 0) is 13.3 Å². The topological polar surface area (TPSA) is 27.7 Å². The predicted molar refractivity (Wildman–Crippen MR) is 60.3 cm³/mol. The summed E-state index contributed by atoms with van der Waals surface area (Å²) in [5.74, 6) is 0. The van der Waals surface area contributed by atoms with Crippen molar-refractivity contribution in [1.29, 1.82) is 0 Å². The van der Waals surface area contributed by atoms with E-state index in [4.69, 9.17) is 13.3 Å². The van der Waals surface area contributed by atoms with E-state index >= 15 is 0 Å². The van der Waals surface area contributed by atoms with Crippen LogP contribution >= 0.6 is 0 Å². The SMILES string of the molecule is CCCCCCO[Si](CC)(OC)OC. The van der Waals surface area contributed by atoms with Gasteiger partial charge in [0.15, 0.2) is 0 Å².